The molecule has 1 unspecified atom stereocenters. The fourth-order valence-corrected chi connectivity index (χ4v) is 4.12. The number of hydrogen-bond acceptors (Lipinski definition) is 4. The van der Waals surface area contributed by atoms with Crippen molar-refractivity contribution in [2.45, 2.75) is 24.9 Å². The van der Waals surface area contributed by atoms with Crippen LogP contribution in [0.4, 0.5) is 0 Å². The molecule has 2 aliphatic heterocycles. The number of likely N-dealkylation sites (tertiary alicyclic amines) is 1. The average Bonchev–Trinajstić information content (AvgIpc) is 3.12. The van der Waals surface area contributed by atoms with Gasteiger partial charge in [0.25, 0.3) is 0 Å². The first-order valence-electron chi connectivity index (χ1n) is 9.03. The summed E-state index contributed by atoms with van der Waals surface area (Å²) >= 11 is 6.12. The number of halogens is 1. The van der Waals surface area contributed by atoms with Crippen molar-refractivity contribution in [2.24, 2.45) is 0 Å². The molecule has 6 heteroatoms. The molecule has 4 rings (SSSR count). The van der Waals surface area contributed by atoms with Crippen LogP contribution in [-0.4, -0.2) is 65.7 Å². The van der Waals surface area contributed by atoms with Gasteiger partial charge in [0.15, 0.2) is 0 Å². The Morgan fingerprint density at radius 2 is 2.08 bits per heavy atom. The van der Waals surface area contributed by atoms with Crippen LogP contribution >= 0.6 is 11.6 Å². The van der Waals surface area contributed by atoms with Gasteiger partial charge in [-0.15, -0.1) is 0 Å². The van der Waals surface area contributed by atoms with Crippen molar-refractivity contribution in [3.8, 4) is 11.3 Å². The van der Waals surface area contributed by atoms with E-state index in [-0.39, 0.29) is 6.04 Å². The molecule has 0 radical (unpaired) electrons. The quantitative estimate of drug-likeness (QED) is 0.913. The molecular weight excluding hydrogens is 336 g/mol. The highest BCUT2D eigenvalue weighted by molar-refractivity contribution is 6.30. The number of piperidine rings is 1. The van der Waals surface area contributed by atoms with E-state index in [1.165, 1.54) is 25.9 Å². The third kappa shape index (κ3) is 3.75. The van der Waals surface area contributed by atoms with Gasteiger partial charge >= 0.3 is 0 Å². The summed E-state index contributed by atoms with van der Waals surface area (Å²) in [7, 11) is 2.21. The summed E-state index contributed by atoms with van der Waals surface area (Å²) < 4.78 is 5.78. The molecule has 1 N–H and O–H groups in total. The minimum Gasteiger partial charge on any atom is -0.378 e. The molecule has 2 aromatic rings. The van der Waals surface area contributed by atoms with E-state index >= 15 is 0 Å². The van der Waals surface area contributed by atoms with Gasteiger partial charge in [-0.3, -0.25) is 4.90 Å². The molecule has 0 amide bonds. The topological polar surface area (TPSA) is 44.4 Å². The van der Waals surface area contributed by atoms with Gasteiger partial charge in [0, 0.05) is 23.2 Å². The van der Waals surface area contributed by atoms with Gasteiger partial charge in [0.1, 0.15) is 5.82 Å². The fourth-order valence-electron chi connectivity index (χ4n) is 3.92. The molecule has 134 valence electrons. The first-order chi connectivity index (χ1) is 12.2. The zero-order valence-electron chi connectivity index (χ0n) is 14.6. The Morgan fingerprint density at radius 3 is 2.88 bits per heavy atom. The number of H-pyrrole nitrogens is 1. The standard InChI is InChI=1S/C19H25ClN4O/c1-23-7-5-16(6-8-23)24-9-10-25-13-18(24)19-21-12-17(22-19)14-3-2-4-15(20)11-14/h2-4,11-12,16,18H,5-10,13H2,1H3,(H,21,22). The number of aromatic nitrogens is 2. The molecule has 2 fully saturated rings. The van der Waals surface area contributed by atoms with E-state index in [1.807, 2.05) is 24.4 Å². The van der Waals surface area contributed by atoms with Gasteiger partial charge in [-0.2, -0.15) is 0 Å². The molecule has 3 heterocycles. The maximum absolute atomic E-state index is 6.12. The summed E-state index contributed by atoms with van der Waals surface area (Å²) in [5.41, 5.74) is 2.07. The first kappa shape index (κ1) is 17.0. The summed E-state index contributed by atoms with van der Waals surface area (Å²) in [5.74, 6) is 0.994. The Kier molecular flexibility index (Phi) is 5.08. The van der Waals surface area contributed by atoms with E-state index < -0.39 is 0 Å². The van der Waals surface area contributed by atoms with Crippen LogP contribution in [0.2, 0.25) is 5.02 Å². The van der Waals surface area contributed by atoms with Gasteiger partial charge < -0.3 is 14.6 Å². The minimum absolute atomic E-state index is 0.204. The van der Waals surface area contributed by atoms with Crippen molar-refractivity contribution in [1.29, 1.82) is 0 Å². The van der Waals surface area contributed by atoms with Crippen molar-refractivity contribution in [1.82, 2.24) is 19.8 Å². The molecule has 0 aliphatic carbocycles. The average molecular weight is 361 g/mol. The summed E-state index contributed by atoms with van der Waals surface area (Å²) in [4.78, 5) is 13.2. The number of hydrogen-bond donors (Lipinski definition) is 1. The van der Waals surface area contributed by atoms with Crippen molar-refractivity contribution < 1.29 is 4.74 Å². The van der Waals surface area contributed by atoms with Crippen LogP contribution in [0.25, 0.3) is 11.3 Å². The first-order valence-corrected chi connectivity index (χ1v) is 9.41. The van der Waals surface area contributed by atoms with Gasteiger partial charge in [0.05, 0.1) is 31.1 Å². The number of imidazole rings is 1. The minimum atomic E-state index is 0.204. The summed E-state index contributed by atoms with van der Waals surface area (Å²) in [6, 6.07) is 8.69. The SMILES string of the molecule is CN1CCC(N2CCOCC2c2ncc(-c3cccc(Cl)c3)[nH]2)CC1. The van der Waals surface area contributed by atoms with E-state index in [2.05, 4.69) is 32.9 Å². The second-order valence-electron chi connectivity index (χ2n) is 7.06. The van der Waals surface area contributed by atoms with Gasteiger partial charge in [-0.05, 0) is 45.1 Å². The van der Waals surface area contributed by atoms with E-state index in [1.54, 1.807) is 0 Å². The van der Waals surface area contributed by atoms with Crippen LogP contribution in [0.3, 0.4) is 0 Å². The summed E-state index contributed by atoms with van der Waals surface area (Å²) in [6.07, 6.45) is 4.34. The lowest BCUT2D eigenvalue weighted by molar-refractivity contribution is -0.0441. The number of nitrogens with zero attached hydrogens (tertiary/aromatic N) is 3. The largest absolute Gasteiger partial charge is 0.378 e. The monoisotopic (exact) mass is 360 g/mol. The van der Waals surface area contributed by atoms with Crippen LogP contribution in [0.1, 0.15) is 24.7 Å². The van der Waals surface area contributed by atoms with Gasteiger partial charge in [-0.1, -0.05) is 23.7 Å². The molecule has 2 saturated heterocycles. The van der Waals surface area contributed by atoms with Gasteiger partial charge in [-0.25, -0.2) is 4.98 Å². The number of benzene rings is 1. The Balaban J connectivity index is 1.55. The zero-order valence-corrected chi connectivity index (χ0v) is 15.4. The molecule has 25 heavy (non-hydrogen) atoms. The second-order valence-corrected chi connectivity index (χ2v) is 7.49. The van der Waals surface area contributed by atoms with E-state index in [0.29, 0.717) is 12.6 Å². The smallest absolute Gasteiger partial charge is 0.126 e. The molecule has 5 nitrogen and oxygen atoms in total. The molecular formula is C19H25ClN4O. The fraction of sp³-hybridized carbons (Fsp3) is 0.526. The molecule has 1 atom stereocenters. The zero-order chi connectivity index (χ0) is 17.2. The Labute approximate surface area is 153 Å². The Bertz CT molecular complexity index is 711. The predicted molar refractivity (Wildman–Crippen MR) is 99.8 cm³/mol. The van der Waals surface area contributed by atoms with Crippen molar-refractivity contribution >= 4 is 11.6 Å². The van der Waals surface area contributed by atoms with Crippen molar-refractivity contribution in [2.75, 3.05) is 39.9 Å². The van der Waals surface area contributed by atoms with Crippen molar-refractivity contribution in [3.63, 3.8) is 0 Å². The van der Waals surface area contributed by atoms with Crippen LogP contribution in [0.5, 0.6) is 0 Å². The molecule has 0 saturated carbocycles. The van der Waals surface area contributed by atoms with Crippen LogP contribution in [-0.2, 0) is 4.74 Å². The predicted octanol–water partition coefficient (Wildman–Crippen LogP) is 3.20. The van der Waals surface area contributed by atoms with E-state index in [0.717, 1.165) is 35.3 Å². The third-order valence-electron chi connectivity index (χ3n) is 5.37. The van der Waals surface area contributed by atoms with Crippen LogP contribution in [0.15, 0.2) is 30.5 Å². The Hall–Kier alpha value is -1.40. The maximum atomic E-state index is 6.12. The van der Waals surface area contributed by atoms with Crippen LogP contribution in [0, 0.1) is 0 Å². The third-order valence-corrected chi connectivity index (χ3v) is 5.61. The molecule has 1 aromatic heterocycles. The number of rotatable bonds is 3. The Morgan fingerprint density at radius 1 is 1.24 bits per heavy atom. The molecule has 0 spiro atoms. The highest BCUT2D eigenvalue weighted by Gasteiger charge is 2.33. The van der Waals surface area contributed by atoms with Gasteiger partial charge in [0.2, 0.25) is 0 Å². The maximum Gasteiger partial charge on any atom is 0.126 e. The highest BCUT2D eigenvalue weighted by Crippen LogP contribution is 2.30. The highest BCUT2D eigenvalue weighted by atomic mass is 35.5. The number of nitrogens with one attached hydrogen (secondary N) is 1. The molecule has 2 aliphatic rings. The second kappa shape index (κ2) is 7.46. The number of morpholine rings is 1. The summed E-state index contributed by atoms with van der Waals surface area (Å²) in [5, 5.41) is 0.739. The van der Waals surface area contributed by atoms with E-state index in [4.69, 9.17) is 16.3 Å². The lowest BCUT2D eigenvalue weighted by Gasteiger charge is -2.43. The number of aromatic amines is 1. The lowest BCUT2D eigenvalue weighted by atomic mass is 10.0. The van der Waals surface area contributed by atoms with E-state index in [9.17, 15) is 0 Å². The number of ether oxygens (including phenoxy) is 1. The van der Waals surface area contributed by atoms with Crippen LogP contribution < -0.4 is 0 Å². The lowest BCUT2D eigenvalue weighted by Crippen LogP contribution is -2.50. The molecule has 0 bridgehead atoms. The molecule has 1 aromatic carbocycles. The summed E-state index contributed by atoms with van der Waals surface area (Å²) in [6.45, 7) is 4.83. The normalized spacial score (nSPS) is 23.8. The van der Waals surface area contributed by atoms with Crippen molar-refractivity contribution in [3.05, 3.63) is 41.3 Å².